The largest absolute Gasteiger partial charge is 0.489 e. The van der Waals surface area contributed by atoms with Crippen LogP contribution in [0.25, 0.3) is 0 Å². The molecule has 4 rings (SSSR count). The lowest BCUT2D eigenvalue weighted by atomic mass is 10.1. The summed E-state index contributed by atoms with van der Waals surface area (Å²) < 4.78 is 18.8. The van der Waals surface area contributed by atoms with E-state index in [4.69, 9.17) is 4.74 Å². The number of rotatable bonds is 7. The number of halogens is 1. The van der Waals surface area contributed by atoms with Crippen molar-refractivity contribution >= 4 is 17.5 Å². The van der Waals surface area contributed by atoms with Crippen LogP contribution in [0, 0.1) is 5.82 Å². The molecule has 0 saturated carbocycles. The van der Waals surface area contributed by atoms with Crippen molar-refractivity contribution in [3.63, 3.8) is 0 Å². The lowest BCUT2D eigenvalue weighted by Crippen LogP contribution is -2.50. The van der Waals surface area contributed by atoms with Crippen molar-refractivity contribution < 1.29 is 18.7 Å². The minimum absolute atomic E-state index is 0.0581. The van der Waals surface area contributed by atoms with Crippen LogP contribution in [-0.4, -0.2) is 59.3 Å². The summed E-state index contributed by atoms with van der Waals surface area (Å²) in [6.07, 6.45) is 3.45. The van der Waals surface area contributed by atoms with E-state index in [9.17, 15) is 14.0 Å². The highest BCUT2D eigenvalue weighted by Crippen LogP contribution is 2.17. The summed E-state index contributed by atoms with van der Waals surface area (Å²) in [5.74, 6) is 0.0530. The summed E-state index contributed by atoms with van der Waals surface area (Å²) in [4.78, 5) is 33.1. The summed E-state index contributed by atoms with van der Waals surface area (Å²) in [6.45, 7) is 2.85. The summed E-state index contributed by atoms with van der Waals surface area (Å²) in [5, 5.41) is 2.76. The molecule has 33 heavy (non-hydrogen) atoms. The molecule has 1 N–H and O–H groups in total. The zero-order valence-electron chi connectivity index (χ0n) is 18.1. The Labute approximate surface area is 191 Å². The van der Waals surface area contributed by atoms with Crippen molar-refractivity contribution in [1.82, 2.24) is 14.8 Å². The van der Waals surface area contributed by atoms with Crippen molar-refractivity contribution in [2.75, 3.05) is 38.0 Å². The van der Waals surface area contributed by atoms with Gasteiger partial charge in [-0.1, -0.05) is 12.1 Å². The number of benzene rings is 2. The maximum absolute atomic E-state index is 13.0. The van der Waals surface area contributed by atoms with Gasteiger partial charge in [0.25, 0.3) is 5.91 Å². The highest BCUT2D eigenvalue weighted by atomic mass is 19.1. The van der Waals surface area contributed by atoms with Gasteiger partial charge in [0.15, 0.2) is 0 Å². The fourth-order valence-corrected chi connectivity index (χ4v) is 3.60. The van der Waals surface area contributed by atoms with E-state index in [1.165, 1.54) is 24.3 Å². The molecule has 1 saturated heterocycles. The average molecular weight is 448 g/mol. The maximum atomic E-state index is 13.0. The Bertz CT molecular complexity index is 1080. The SMILES string of the molecule is O=C(CN1CCN(C(=O)c2cccc(OCc3cccnc3)c2)CC1)Nc1ccc(F)cc1. The molecule has 0 unspecified atom stereocenters. The molecule has 0 spiro atoms. The Hall–Kier alpha value is -3.78. The molecule has 0 aliphatic carbocycles. The fraction of sp³-hybridized carbons (Fsp3) is 0.240. The Morgan fingerprint density at radius 3 is 2.52 bits per heavy atom. The number of hydrogen-bond donors (Lipinski definition) is 1. The minimum Gasteiger partial charge on any atom is -0.489 e. The lowest BCUT2D eigenvalue weighted by Gasteiger charge is -2.34. The molecule has 3 aromatic rings. The van der Waals surface area contributed by atoms with Gasteiger partial charge in [-0.15, -0.1) is 0 Å². The number of aromatic nitrogens is 1. The van der Waals surface area contributed by atoms with Gasteiger partial charge in [-0.25, -0.2) is 4.39 Å². The van der Waals surface area contributed by atoms with E-state index in [0.717, 1.165) is 5.56 Å². The van der Waals surface area contributed by atoms with Crippen LogP contribution >= 0.6 is 0 Å². The third-order valence-corrected chi connectivity index (χ3v) is 5.36. The number of ether oxygens (including phenoxy) is 1. The smallest absolute Gasteiger partial charge is 0.254 e. The molecule has 2 heterocycles. The van der Waals surface area contributed by atoms with Crippen LogP contribution in [0.5, 0.6) is 5.75 Å². The summed E-state index contributed by atoms with van der Waals surface area (Å²) >= 11 is 0. The second-order valence-electron chi connectivity index (χ2n) is 7.80. The first-order valence-corrected chi connectivity index (χ1v) is 10.8. The molecule has 0 atom stereocenters. The summed E-state index contributed by atoms with van der Waals surface area (Å²) in [5.41, 5.74) is 2.08. The Morgan fingerprint density at radius 1 is 1.00 bits per heavy atom. The molecule has 8 heteroatoms. The summed E-state index contributed by atoms with van der Waals surface area (Å²) in [6, 6.07) is 16.6. The fourth-order valence-electron chi connectivity index (χ4n) is 3.60. The predicted molar refractivity (Wildman–Crippen MR) is 122 cm³/mol. The highest BCUT2D eigenvalue weighted by Gasteiger charge is 2.23. The van der Waals surface area contributed by atoms with E-state index in [0.29, 0.717) is 49.8 Å². The predicted octanol–water partition coefficient (Wildman–Crippen LogP) is 3.20. The van der Waals surface area contributed by atoms with Gasteiger partial charge < -0.3 is 15.0 Å². The Kier molecular flexibility index (Phi) is 7.26. The van der Waals surface area contributed by atoms with Crippen molar-refractivity contribution in [2.45, 2.75) is 6.61 Å². The number of amides is 2. The van der Waals surface area contributed by atoms with Crippen molar-refractivity contribution in [2.24, 2.45) is 0 Å². The molecule has 2 aromatic carbocycles. The van der Waals surface area contributed by atoms with Crippen LogP contribution in [0.3, 0.4) is 0 Å². The number of piperazine rings is 1. The molecular weight excluding hydrogens is 423 g/mol. The molecule has 0 radical (unpaired) electrons. The molecule has 2 amide bonds. The normalized spacial score (nSPS) is 14.0. The molecule has 1 aliphatic rings. The van der Waals surface area contributed by atoms with Gasteiger partial charge in [0.05, 0.1) is 6.54 Å². The second-order valence-corrected chi connectivity index (χ2v) is 7.80. The van der Waals surface area contributed by atoms with Crippen molar-refractivity contribution in [3.8, 4) is 5.75 Å². The van der Waals surface area contributed by atoms with E-state index in [-0.39, 0.29) is 24.2 Å². The zero-order valence-corrected chi connectivity index (χ0v) is 18.1. The quantitative estimate of drug-likeness (QED) is 0.601. The number of carbonyl (C=O) groups is 2. The molecular formula is C25H25FN4O3. The van der Waals surface area contributed by atoms with E-state index in [2.05, 4.69) is 10.3 Å². The standard InChI is InChI=1S/C25H25FN4O3/c26-21-6-8-22(9-7-21)28-24(31)17-29-11-13-30(14-12-29)25(32)20-4-1-5-23(15-20)33-18-19-3-2-10-27-16-19/h1-10,15-16H,11-14,17-18H2,(H,28,31). The Balaban J connectivity index is 1.25. The zero-order chi connectivity index (χ0) is 23.0. The van der Waals surface area contributed by atoms with Crippen LogP contribution in [0.1, 0.15) is 15.9 Å². The van der Waals surface area contributed by atoms with Gasteiger partial charge >= 0.3 is 0 Å². The van der Waals surface area contributed by atoms with Crippen LogP contribution < -0.4 is 10.1 Å². The molecule has 1 aromatic heterocycles. The van der Waals surface area contributed by atoms with E-state index >= 15 is 0 Å². The van der Waals surface area contributed by atoms with Crippen LogP contribution in [-0.2, 0) is 11.4 Å². The number of nitrogens with one attached hydrogen (secondary N) is 1. The molecule has 170 valence electrons. The first-order valence-electron chi connectivity index (χ1n) is 10.8. The van der Waals surface area contributed by atoms with Gasteiger partial charge in [0.1, 0.15) is 18.2 Å². The summed E-state index contributed by atoms with van der Waals surface area (Å²) in [7, 11) is 0. The van der Waals surface area contributed by atoms with Crippen molar-refractivity contribution in [3.05, 3.63) is 90.0 Å². The van der Waals surface area contributed by atoms with Crippen LogP contribution in [0.15, 0.2) is 73.1 Å². The molecule has 0 bridgehead atoms. The monoisotopic (exact) mass is 448 g/mol. The number of carbonyl (C=O) groups excluding carboxylic acids is 2. The van der Waals surface area contributed by atoms with Gasteiger partial charge in [-0.2, -0.15) is 0 Å². The Morgan fingerprint density at radius 2 is 1.79 bits per heavy atom. The third kappa shape index (κ3) is 6.36. The topological polar surface area (TPSA) is 74.8 Å². The third-order valence-electron chi connectivity index (χ3n) is 5.36. The van der Waals surface area contributed by atoms with E-state index in [1.54, 1.807) is 29.4 Å². The van der Waals surface area contributed by atoms with E-state index in [1.807, 2.05) is 29.2 Å². The van der Waals surface area contributed by atoms with Crippen LogP contribution in [0.2, 0.25) is 0 Å². The highest BCUT2D eigenvalue weighted by molar-refractivity contribution is 5.95. The lowest BCUT2D eigenvalue weighted by molar-refractivity contribution is -0.117. The second kappa shape index (κ2) is 10.7. The first kappa shape index (κ1) is 22.4. The van der Waals surface area contributed by atoms with Gasteiger partial charge in [-0.05, 0) is 48.5 Å². The minimum atomic E-state index is -0.348. The van der Waals surface area contributed by atoms with E-state index < -0.39 is 0 Å². The molecule has 7 nitrogen and oxygen atoms in total. The number of hydrogen-bond acceptors (Lipinski definition) is 5. The van der Waals surface area contributed by atoms with Gasteiger partial charge in [0, 0.05) is 55.4 Å². The number of anilines is 1. The van der Waals surface area contributed by atoms with Crippen LogP contribution in [0.4, 0.5) is 10.1 Å². The molecule has 1 aliphatic heterocycles. The first-order chi connectivity index (χ1) is 16.1. The average Bonchev–Trinajstić information content (AvgIpc) is 2.85. The molecule has 1 fully saturated rings. The maximum Gasteiger partial charge on any atom is 0.254 e. The van der Waals surface area contributed by atoms with Gasteiger partial charge in [-0.3, -0.25) is 19.5 Å². The van der Waals surface area contributed by atoms with Gasteiger partial charge in [0.2, 0.25) is 5.91 Å². The number of nitrogens with zero attached hydrogens (tertiary/aromatic N) is 3. The van der Waals surface area contributed by atoms with Crippen molar-refractivity contribution in [1.29, 1.82) is 0 Å². The number of pyridine rings is 1.